The lowest BCUT2D eigenvalue weighted by atomic mass is 10.2. The summed E-state index contributed by atoms with van der Waals surface area (Å²) < 4.78 is 12.3. The van der Waals surface area contributed by atoms with Gasteiger partial charge in [-0.3, -0.25) is 4.79 Å². The monoisotopic (exact) mass is 163 g/mol. The van der Waals surface area contributed by atoms with Crippen molar-refractivity contribution in [2.75, 3.05) is 13.2 Å². The van der Waals surface area contributed by atoms with Crippen molar-refractivity contribution in [3.63, 3.8) is 0 Å². The summed E-state index contributed by atoms with van der Waals surface area (Å²) in [4.78, 5) is 10.8. The second-order valence-corrected chi connectivity index (χ2v) is 2.68. The number of hydrogen-bond donors (Lipinski definition) is 2. The molecule has 66 valence electrons. The molecule has 1 atom stereocenters. The number of alkyl halides is 1. The summed E-state index contributed by atoms with van der Waals surface area (Å²) >= 11 is 0. The molecule has 0 saturated heterocycles. The van der Waals surface area contributed by atoms with Crippen LogP contribution in [0, 0.1) is 5.92 Å². The largest absolute Gasteiger partial charge is 0.393 e. The SMILES string of the molecule is CC(C)C(=O)NCC(F)CO. The number of aliphatic hydroxyl groups is 1. The summed E-state index contributed by atoms with van der Waals surface area (Å²) in [5.41, 5.74) is 0. The molecule has 4 heteroatoms. The van der Waals surface area contributed by atoms with Crippen LogP contribution in [0.25, 0.3) is 0 Å². The number of carbonyl (C=O) groups excluding carboxylic acids is 1. The van der Waals surface area contributed by atoms with E-state index in [4.69, 9.17) is 5.11 Å². The second kappa shape index (κ2) is 5.07. The van der Waals surface area contributed by atoms with E-state index in [1.807, 2.05) is 0 Å². The van der Waals surface area contributed by atoms with E-state index in [-0.39, 0.29) is 18.4 Å². The quantitative estimate of drug-likeness (QED) is 0.617. The summed E-state index contributed by atoms with van der Waals surface area (Å²) in [5, 5.41) is 10.6. The van der Waals surface area contributed by atoms with Crippen LogP contribution in [0.3, 0.4) is 0 Å². The van der Waals surface area contributed by atoms with Gasteiger partial charge in [-0.25, -0.2) is 4.39 Å². The van der Waals surface area contributed by atoms with Crippen molar-refractivity contribution in [1.82, 2.24) is 5.32 Å². The van der Waals surface area contributed by atoms with Crippen LogP contribution in [0.15, 0.2) is 0 Å². The van der Waals surface area contributed by atoms with Gasteiger partial charge in [0.15, 0.2) is 0 Å². The van der Waals surface area contributed by atoms with Crippen LogP contribution in [-0.2, 0) is 4.79 Å². The molecular weight excluding hydrogens is 149 g/mol. The molecule has 0 aliphatic carbocycles. The van der Waals surface area contributed by atoms with Gasteiger partial charge in [0.05, 0.1) is 13.2 Å². The lowest BCUT2D eigenvalue weighted by molar-refractivity contribution is -0.124. The van der Waals surface area contributed by atoms with E-state index < -0.39 is 12.8 Å². The third-order valence-electron chi connectivity index (χ3n) is 1.22. The fourth-order valence-corrected chi connectivity index (χ4v) is 0.480. The van der Waals surface area contributed by atoms with E-state index in [1.54, 1.807) is 13.8 Å². The van der Waals surface area contributed by atoms with Gasteiger partial charge in [-0.05, 0) is 0 Å². The molecule has 0 aliphatic rings. The molecule has 2 N–H and O–H groups in total. The number of rotatable bonds is 4. The minimum Gasteiger partial charge on any atom is -0.393 e. The Kier molecular flexibility index (Phi) is 4.77. The van der Waals surface area contributed by atoms with E-state index in [0.29, 0.717) is 0 Å². The maximum absolute atomic E-state index is 12.3. The van der Waals surface area contributed by atoms with Crippen LogP contribution < -0.4 is 5.32 Å². The Balaban J connectivity index is 3.46. The third-order valence-corrected chi connectivity index (χ3v) is 1.22. The van der Waals surface area contributed by atoms with Crippen LogP contribution >= 0.6 is 0 Å². The van der Waals surface area contributed by atoms with Gasteiger partial charge in [-0.2, -0.15) is 0 Å². The van der Waals surface area contributed by atoms with Crippen LogP contribution in [-0.4, -0.2) is 30.3 Å². The average Bonchev–Trinajstić information content (AvgIpc) is 1.99. The van der Waals surface area contributed by atoms with E-state index in [0.717, 1.165) is 0 Å². The summed E-state index contributed by atoms with van der Waals surface area (Å²) in [6.07, 6.45) is -1.35. The van der Waals surface area contributed by atoms with Crippen LogP contribution in [0.2, 0.25) is 0 Å². The highest BCUT2D eigenvalue weighted by molar-refractivity contribution is 5.77. The van der Waals surface area contributed by atoms with Crippen LogP contribution in [0.1, 0.15) is 13.8 Å². The summed E-state index contributed by atoms with van der Waals surface area (Å²) in [6.45, 7) is 2.80. The van der Waals surface area contributed by atoms with Crippen LogP contribution in [0.5, 0.6) is 0 Å². The highest BCUT2D eigenvalue weighted by Gasteiger charge is 2.09. The van der Waals surface area contributed by atoms with Crippen molar-refractivity contribution >= 4 is 5.91 Å². The Morgan fingerprint density at radius 3 is 2.55 bits per heavy atom. The predicted octanol–water partition coefficient (Wildman–Crippen LogP) is 0.0890. The lowest BCUT2D eigenvalue weighted by Gasteiger charge is -2.08. The Hall–Kier alpha value is -0.640. The minimum absolute atomic E-state index is 0.104. The fourth-order valence-electron chi connectivity index (χ4n) is 0.480. The first-order valence-electron chi connectivity index (χ1n) is 3.60. The zero-order valence-corrected chi connectivity index (χ0v) is 6.80. The molecule has 0 aliphatic heterocycles. The number of halogens is 1. The lowest BCUT2D eigenvalue weighted by Crippen LogP contribution is -2.34. The topological polar surface area (TPSA) is 49.3 Å². The Labute approximate surface area is 65.6 Å². The van der Waals surface area contributed by atoms with E-state index >= 15 is 0 Å². The summed E-state index contributed by atoms with van der Waals surface area (Å²) in [7, 11) is 0. The molecule has 0 fully saturated rings. The zero-order valence-electron chi connectivity index (χ0n) is 6.80. The van der Waals surface area contributed by atoms with Crippen molar-refractivity contribution in [3.8, 4) is 0 Å². The number of hydrogen-bond acceptors (Lipinski definition) is 2. The zero-order chi connectivity index (χ0) is 8.85. The summed E-state index contributed by atoms with van der Waals surface area (Å²) in [5.74, 6) is -0.331. The van der Waals surface area contributed by atoms with Crippen molar-refractivity contribution < 1.29 is 14.3 Å². The standard InChI is InChI=1S/C7H14FNO2/c1-5(2)7(11)9-3-6(8)4-10/h5-6,10H,3-4H2,1-2H3,(H,9,11). The third kappa shape index (κ3) is 4.72. The first-order chi connectivity index (χ1) is 5.07. The molecule has 0 saturated carbocycles. The number of aliphatic hydroxyl groups excluding tert-OH is 1. The van der Waals surface area contributed by atoms with Crippen molar-refractivity contribution in [2.24, 2.45) is 5.92 Å². The molecule has 0 rings (SSSR count). The molecule has 1 unspecified atom stereocenters. The van der Waals surface area contributed by atoms with Crippen molar-refractivity contribution in [2.45, 2.75) is 20.0 Å². The molecule has 3 nitrogen and oxygen atoms in total. The molecule has 0 radical (unpaired) electrons. The Morgan fingerprint density at radius 2 is 2.18 bits per heavy atom. The van der Waals surface area contributed by atoms with Gasteiger partial charge in [-0.15, -0.1) is 0 Å². The molecule has 0 aromatic rings. The molecule has 11 heavy (non-hydrogen) atoms. The van der Waals surface area contributed by atoms with Gasteiger partial charge in [0, 0.05) is 5.92 Å². The normalized spacial score (nSPS) is 13.2. The van der Waals surface area contributed by atoms with E-state index in [1.165, 1.54) is 0 Å². The Morgan fingerprint density at radius 1 is 1.64 bits per heavy atom. The molecule has 0 aromatic carbocycles. The van der Waals surface area contributed by atoms with E-state index in [2.05, 4.69) is 5.32 Å². The highest BCUT2D eigenvalue weighted by Crippen LogP contribution is 1.91. The molecule has 0 aromatic heterocycles. The fraction of sp³-hybridized carbons (Fsp3) is 0.857. The molecule has 0 spiro atoms. The summed E-state index contributed by atoms with van der Waals surface area (Å²) in [6, 6.07) is 0. The van der Waals surface area contributed by atoms with Crippen LogP contribution in [0.4, 0.5) is 4.39 Å². The highest BCUT2D eigenvalue weighted by atomic mass is 19.1. The van der Waals surface area contributed by atoms with Gasteiger partial charge in [-0.1, -0.05) is 13.8 Å². The maximum Gasteiger partial charge on any atom is 0.222 e. The molecule has 1 amide bonds. The first kappa shape index (κ1) is 10.4. The number of nitrogens with one attached hydrogen (secondary N) is 1. The second-order valence-electron chi connectivity index (χ2n) is 2.68. The molecular formula is C7H14FNO2. The number of carbonyl (C=O) groups is 1. The Bertz CT molecular complexity index is 128. The van der Waals surface area contributed by atoms with Crippen molar-refractivity contribution in [3.05, 3.63) is 0 Å². The predicted molar refractivity (Wildman–Crippen MR) is 39.8 cm³/mol. The van der Waals surface area contributed by atoms with Gasteiger partial charge in [0.25, 0.3) is 0 Å². The van der Waals surface area contributed by atoms with Gasteiger partial charge in [0.2, 0.25) is 5.91 Å². The first-order valence-corrected chi connectivity index (χ1v) is 3.60. The van der Waals surface area contributed by atoms with Gasteiger partial charge >= 0.3 is 0 Å². The molecule has 0 heterocycles. The van der Waals surface area contributed by atoms with Gasteiger partial charge in [0.1, 0.15) is 6.17 Å². The maximum atomic E-state index is 12.3. The molecule has 0 bridgehead atoms. The van der Waals surface area contributed by atoms with E-state index in [9.17, 15) is 9.18 Å². The number of amides is 1. The minimum atomic E-state index is -1.35. The van der Waals surface area contributed by atoms with Crippen molar-refractivity contribution in [1.29, 1.82) is 0 Å². The average molecular weight is 163 g/mol. The smallest absolute Gasteiger partial charge is 0.222 e. The van der Waals surface area contributed by atoms with Gasteiger partial charge < -0.3 is 10.4 Å².